The zero-order valence-electron chi connectivity index (χ0n) is 6.90. The molecule has 0 aliphatic rings. The first kappa shape index (κ1) is 9.70. The van der Waals surface area contributed by atoms with Crippen LogP contribution in [0.4, 0.5) is 18.9 Å². The van der Waals surface area contributed by atoms with Crippen molar-refractivity contribution in [3.8, 4) is 5.75 Å². The Hall–Kier alpha value is -1.39. The van der Waals surface area contributed by atoms with Crippen molar-refractivity contribution < 1.29 is 17.9 Å². The van der Waals surface area contributed by atoms with Crippen molar-refractivity contribution in [3.05, 3.63) is 23.5 Å². The van der Waals surface area contributed by atoms with Crippen LogP contribution in [-0.4, -0.2) is 6.61 Å². The summed E-state index contributed by atoms with van der Waals surface area (Å²) in [6.45, 7) is 1.70. The summed E-state index contributed by atoms with van der Waals surface area (Å²) in [5.74, 6) is -4.17. The molecule has 0 fully saturated rings. The molecule has 0 saturated carbocycles. The number of anilines is 1. The van der Waals surface area contributed by atoms with Crippen molar-refractivity contribution in [2.75, 3.05) is 12.3 Å². The minimum atomic E-state index is -1.41. The summed E-state index contributed by atoms with van der Waals surface area (Å²) < 4.78 is 43.0. The second kappa shape index (κ2) is 3.55. The number of rotatable bonds is 2. The predicted octanol–water partition coefficient (Wildman–Crippen LogP) is 2.08. The quantitative estimate of drug-likeness (QED) is 0.573. The summed E-state index contributed by atoms with van der Waals surface area (Å²) >= 11 is 0. The fraction of sp³-hybridized carbons (Fsp3) is 0.250. The molecule has 0 atom stereocenters. The molecule has 0 unspecified atom stereocenters. The summed E-state index contributed by atoms with van der Waals surface area (Å²) in [5.41, 5.74) is 4.07. The lowest BCUT2D eigenvalue weighted by Gasteiger charge is -2.07. The molecule has 13 heavy (non-hydrogen) atoms. The zero-order chi connectivity index (χ0) is 10.0. The van der Waals surface area contributed by atoms with E-state index in [0.717, 1.165) is 6.07 Å². The van der Waals surface area contributed by atoms with Gasteiger partial charge in [0.05, 0.1) is 6.61 Å². The normalized spacial score (nSPS) is 10.2. The highest BCUT2D eigenvalue weighted by Crippen LogP contribution is 2.26. The summed E-state index contributed by atoms with van der Waals surface area (Å²) in [6.07, 6.45) is 0. The number of benzene rings is 1. The van der Waals surface area contributed by atoms with Gasteiger partial charge in [-0.15, -0.1) is 0 Å². The van der Waals surface area contributed by atoms with Gasteiger partial charge in [0.2, 0.25) is 5.82 Å². The van der Waals surface area contributed by atoms with Gasteiger partial charge in [-0.05, 0) is 6.92 Å². The molecule has 0 saturated heterocycles. The predicted molar refractivity (Wildman–Crippen MR) is 41.9 cm³/mol. The van der Waals surface area contributed by atoms with Gasteiger partial charge in [0.15, 0.2) is 17.4 Å². The topological polar surface area (TPSA) is 35.2 Å². The first-order chi connectivity index (χ1) is 6.07. The highest BCUT2D eigenvalue weighted by molar-refractivity contribution is 5.46. The molecule has 0 bridgehead atoms. The summed E-state index contributed by atoms with van der Waals surface area (Å²) in [4.78, 5) is 0. The van der Waals surface area contributed by atoms with Gasteiger partial charge < -0.3 is 10.5 Å². The van der Waals surface area contributed by atoms with Crippen molar-refractivity contribution in [2.45, 2.75) is 6.92 Å². The Morgan fingerprint density at radius 2 is 1.92 bits per heavy atom. The Bertz CT molecular complexity index is 328. The third kappa shape index (κ3) is 1.68. The number of halogens is 3. The lowest BCUT2D eigenvalue weighted by molar-refractivity contribution is 0.311. The molecule has 0 amide bonds. The van der Waals surface area contributed by atoms with Crippen molar-refractivity contribution in [2.24, 2.45) is 0 Å². The van der Waals surface area contributed by atoms with E-state index in [-0.39, 0.29) is 6.61 Å². The molecule has 0 heterocycles. The summed E-state index contributed by atoms with van der Waals surface area (Å²) in [6, 6.07) is 0.719. The summed E-state index contributed by atoms with van der Waals surface area (Å²) in [7, 11) is 0. The monoisotopic (exact) mass is 191 g/mol. The molecule has 0 aromatic heterocycles. The number of hydrogen-bond donors (Lipinski definition) is 1. The van der Waals surface area contributed by atoms with Gasteiger partial charge in [0, 0.05) is 6.07 Å². The second-order valence-electron chi connectivity index (χ2n) is 2.33. The van der Waals surface area contributed by atoms with Crippen LogP contribution in [0.3, 0.4) is 0 Å². The number of nitrogens with two attached hydrogens (primary N) is 1. The smallest absolute Gasteiger partial charge is 0.202 e. The lowest BCUT2D eigenvalue weighted by atomic mass is 10.2. The largest absolute Gasteiger partial charge is 0.491 e. The Morgan fingerprint density at radius 1 is 1.31 bits per heavy atom. The summed E-state index contributed by atoms with van der Waals surface area (Å²) in [5, 5.41) is 0. The van der Waals surface area contributed by atoms with E-state index in [1.165, 1.54) is 0 Å². The van der Waals surface area contributed by atoms with Crippen molar-refractivity contribution in [3.63, 3.8) is 0 Å². The average Bonchev–Trinajstić information content (AvgIpc) is 2.11. The van der Waals surface area contributed by atoms with Crippen LogP contribution >= 0.6 is 0 Å². The van der Waals surface area contributed by atoms with Crippen LogP contribution in [0.25, 0.3) is 0 Å². The number of hydrogen-bond acceptors (Lipinski definition) is 2. The Balaban J connectivity index is 3.24. The highest BCUT2D eigenvalue weighted by Gasteiger charge is 2.16. The van der Waals surface area contributed by atoms with Crippen LogP contribution in [-0.2, 0) is 0 Å². The van der Waals surface area contributed by atoms with Gasteiger partial charge >= 0.3 is 0 Å². The van der Waals surface area contributed by atoms with Gasteiger partial charge in [-0.3, -0.25) is 0 Å². The fourth-order valence-corrected chi connectivity index (χ4v) is 0.848. The van der Waals surface area contributed by atoms with Gasteiger partial charge in [-0.25, -0.2) is 8.78 Å². The van der Waals surface area contributed by atoms with Crippen LogP contribution in [0.15, 0.2) is 6.07 Å². The van der Waals surface area contributed by atoms with Crippen LogP contribution in [0.2, 0.25) is 0 Å². The zero-order valence-corrected chi connectivity index (χ0v) is 6.90. The van der Waals surface area contributed by atoms with Gasteiger partial charge in [-0.1, -0.05) is 0 Å². The second-order valence-corrected chi connectivity index (χ2v) is 2.33. The first-order valence-electron chi connectivity index (χ1n) is 3.63. The van der Waals surface area contributed by atoms with Crippen LogP contribution in [0, 0.1) is 17.5 Å². The molecule has 2 N–H and O–H groups in total. The van der Waals surface area contributed by atoms with Gasteiger partial charge in [-0.2, -0.15) is 4.39 Å². The SMILES string of the molecule is CCOc1cc(F)c(N)c(F)c1F. The molecule has 1 aromatic rings. The number of nitrogen functional groups attached to an aromatic ring is 1. The maximum Gasteiger partial charge on any atom is 0.202 e. The standard InChI is InChI=1S/C8H8F3NO/c1-2-13-5-3-4(9)8(12)7(11)6(5)10/h3H,2,12H2,1H3. The fourth-order valence-electron chi connectivity index (χ4n) is 0.848. The Labute approximate surface area is 73.1 Å². The minimum Gasteiger partial charge on any atom is -0.491 e. The minimum absolute atomic E-state index is 0.125. The molecule has 5 heteroatoms. The molecule has 0 aliphatic carbocycles. The third-order valence-corrected chi connectivity index (χ3v) is 1.46. The van der Waals surface area contributed by atoms with E-state index < -0.39 is 28.9 Å². The van der Waals surface area contributed by atoms with Gasteiger partial charge in [0.25, 0.3) is 0 Å². The van der Waals surface area contributed by atoms with Crippen LogP contribution < -0.4 is 10.5 Å². The van der Waals surface area contributed by atoms with E-state index in [1.807, 2.05) is 0 Å². The molecule has 2 nitrogen and oxygen atoms in total. The molecule has 0 radical (unpaired) electrons. The average molecular weight is 191 g/mol. The first-order valence-corrected chi connectivity index (χ1v) is 3.63. The maximum atomic E-state index is 12.9. The van der Waals surface area contributed by atoms with Crippen LogP contribution in [0.5, 0.6) is 5.75 Å². The molecule has 0 aliphatic heterocycles. The van der Waals surface area contributed by atoms with Crippen LogP contribution in [0.1, 0.15) is 6.92 Å². The van der Waals surface area contributed by atoms with E-state index in [9.17, 15) is 13.2 Å². The van der Waals surface area contributed by atoms with Crippen molar-refractivity contribution in [1.82, 2.24) is 0 Å². The lowest BCUT2D eigenvalue weighted by Crippen LogP contribution is -2.03. The molecular formula is C8H8F3NO. The van der Waals surface area contributed by atoms with E-state index >= 15 is 0 Å². The van der Waals surface area contributed by atoms with E-state index in [4.69, 9.17) is 5.73 Å². The molecule has 72 valence electrons. The molecule has 1 rings (SSSR count). The molecular weight excluding hydrogens is 183 g/mol. The third-order valence-electron chi connectivity index (χ3n) is 1.46. The van der Waals surface area contributed by atoms with E-state index in [2.05, 4.69) is 4.74 Å². The van der Waals surface area contributed by atoms with Crippen molar-refractivity contribution >= 4 is 5.69 Å². The maximum absolute atomic E-state index is 12.9. The molecule has 0 spiro atoms. The Kier molecular flexibility index (Phi) is 2.65. The Morgan fingerprint density at radius 3 is 2.46 bits per heavy atom. The van der Waals surface area contributed by atoms with Gasteiger partial charge in [0.1, 0.15) is 5.69 Å². The molecule has 1 aromatic carbocycles. The van der Waals surface area contributed by atoms with E-state index in [0.29, 0.717) is 0 Å². The number of ether oxygens (including phenoxy) is 1. The van der Waals surface area contributed by atoms with Crippen molar-refractivity contribution in [1.29, 1.82) is 0 Å². The highest BCUT2D eigenvalue weighted by atomic mass is 19.2. The van der Waals surface area contributed by atoms with E-state index in [1.54, 1.807) is 6.92 Å².